The van der Waals surface area contributed by atoms with Crippen molar-refractivity contribution in [3.63, 3.8) is 0 Å². The highest BCUT2D eigenvalue weighted by atomic mass is 16.6. The first-order valence-corrected chi connectivity index (χ1v) is 10.6. The van der Waals surface area contributed by atoms with Crippen molar-refractivity contribution >= 4 is 34.2 Å². The molecule has 0 saturated heterocycles. The molecule has 1 unspecified atom stereocenters. The summed E-state index contributed by atoms with van der Waals surface area (Å²) in [6.07, 6.45) is 2.47. The third kappa shape index (κ3) is 4.74. The summed E-state index contributed by atoms with van der Waals surface area (Å²) in [5, 5.41) is 13.8. The Kier molecular flexibility index (Phi) is 6.16. The van der Waals surface area contributed by atoms with Crippen LogP contribution in [0.25, 0.3) is 10.9 Å². The van der Waals surface area contributed by atoms with Crippen LogP contribution in [0.1, 0.15) is 42.4 Å². The predicted octanol–water partition coefficient (Wildman–Crippen LogP) is 3.22. The molecule has 1 N–H and O–H groups in total. The summed E-state index contributed by atoms with van der Waals surface area (Å²) in [5.41, 5.74) is 0.504. The molecule has 1 atom stereocenters. The first-order valence-electron chi connectivity index (χ1n) is 10.6. The minimum absolute atomic E-state index is 0.124. The van der Waals surface area contributed by atoms with E-state index in [1.165, 1.54) is 43.3 Å². The maximum absolute atomic E-state index is 12.8. The Balaban J connectivity index is 1.50. The molecule has 10 nitrogen and oxygen atoms in total. The number of hydrogen-bond acceptors (Lipinski definition) is 7. The van der Waals surface area contributed by atoms with Crippen LogP contribution in [0.4, 0.5) is 11.4 Å². The van der Waals surface area contributed by atoms with Crippen LogP contribution in [-0.2, 0) is 22.5 Å². The Morgan fingerprint density at radius 3 is 2.79 bits per heavy atom. The second-order valence-corrected chi connectivity index (χ2v) is 7.87. The van der Waals surface area contributed by atoms with Gasteiger partial charge in [0.1, 0.15) is 5.82 Å². The molecule has 0 fully saturated rings. The molecule has 2 heterocycles. The summed E-state index contributed by atoms with van der Waals surface area (Å²) >= 11 is 0. The number of carbonyl (C=O) groups excluding carboxylic acids is 2. The van der Waals surface area contributed by atoms with Crippen LogP contribution >= 0.6 is 0 Å². The van der Waals surface area contributed by atoms with Gasteiger partial charge in [-0.3, -0.25) is 24.3 Å². The minimum Gasteiger partial charge on any atom is -0.449 e. The van der Waals surface area contributed by atoms with Crippen LogP contribution in [0.15, 0.2) is 47.3 Å². The van der Waals surface area contributed by atoms with Crippen LogP contribution in [0.2, 0.25) is 0 Å². The van der Waals surface area contributed by atoms with E-state index in [9.17, 15) is 24.5 Å². The number of hydrogen-bond donors (Lipinski definition) is 1. The number of benzene rings is 2. The van der Waals surface area contributed by atoms with Crippen LogP contribution in [-0.4, -0.2) is 32.5 Å². The van der Waals surface area contributed by atoms with Gasteiger partial charge in [0, 0.05) is 30.8 Å². The van der Waals surface area contributed by atoms with Gasteiger partial charge in [-0.25, -0.2) is 9.78 Å². The largest absolute Gasteiger partial charge is 0.449 e. The van der Waals surface area contributed by atoms with Gasteiger partial charge in [0.25, 0.3) is 17.2 Å². The third-order valence-corrected chi connectivity index (χ3v) is 5.53. The van der Waals surface area contributed by atoms with Crippen LogP contribution in [0.5, 0.6) is 0 Å². The summed E-state index contributed by atoms with van der Waals surface area (Å²) in [7, 11) is 0. The van der Waals surface area contributed by atoms with Crippen molar-refractivity contribution in [2.45, 2.75) is 45.3 Å². The molecule has 1 aliphatic rings. The fraction of sp³-hybridized carbons (Fsp3) is 0.304. The predicted molar refractivity (Wildman–Crippen MR) is 120 cm³/mol. The molecule has 0 bridgehead atoms. The number of non-ortho nitro benzene ring substituents is 1. The number of nitrogens with zero attached hydrogens (tertiary/aromatic N) is 3. The number of aromatic nitrogens is 2. The molecule has 1 aliphatic heterocycles. The molecule has 4 rings (SSSR count). The lowest BCUT2D eigenvalue weighted by molar-refractivity contribution is -0.384. The lowest BCUT2D eigenvalue weighted by atomic mass is 10.1. The van der Waals surface area contributed by atoms with Gasteiger partial charge in [0.15, 0.2) is 6.10 Å². The summed E-state index contributed by atoms with van der Waals surface area (Å²) in [6.45, 7) is 2.04. The normalized spacial score (nSPS) is 14.1. The first kappa shape index (κ1) is 22.1. The average molecular weight is 450 g/mol. The molecule has 1 aromatic heterocycles. The molecule has 10 heteroatoms. The average Bonchev–Trinajstić information content (AvgIpc) is 3.04. The van der Waals surface area contributed by atoms with Crippen molar-refractivity contribution in [1.82, 2.24) is 9.55 Å². The number of esters is 1. The molecule has 33 heavy (non-hydrogen) atoms. The van der Waals surface area contributed by atoms with Crippen molar-refractivity contribution in [3.8, 4) is 0 Å². The number of nitro benzene ring substituents is 1. The van der Waals surface area contributed by atoms with E-state index in [1.54, 1.807) is 10.6 Å². The summed E-state index contributed by atoms with van der Waals surface area (Å²) in [5.74, 6) is -0.665. The quantitative estimate of drug-likeness (QED) is 0.358. The molecule has 3 aromatic rings. The Hall–Kier alpha value is -4.08. The Labute approximate surface area is 188 Å². The Morgan fingerprint density at radius 2 is 2.00 bits per heavy atom. The fourth-order valence-electron chi connectivity index (χ4n) is 3.77. The highest BCUT2D eigenvalue weighted by Crippen LogP contribution is 2.19. The van der Waals surface area contributed by atoms with Crippen molar-refractivity contribution in [1.29, 1.82) is 0 Å². The van der Waals surface area contributed by atoms with Crippen LogP contribution < -0.4 is 10.9 Å². The molecule has 0 radical (unpaired) electrons. The highest BCUT2D eigenvalue weighted by Gasteiger charge is 2.21. The molecule has 2 aromatic carbocycles. The van der Waals surface area contributed by atoms with Gasteiger partial charge < -0.3 is 10.1 Å². The molecule has 0 saturated carbocycles. The second-order valence-electron chi connectivity index (χ2n) is 7.87. The zero-order chi connectivity index (χ0) is 23.5. The number of aryl methyl sites for hydroxylation is 1. The topological polar surface area (TPSA) is 133 Å². The number of amides is 1. The Bertz CT molecular complexity index is 1320. The van der Waals surface area contributed by atoms with Crippen LogP contribution in [0.3, 0.4) is 0 Å². The van der Waals surface area contributed by atoms with Gasteiger partial charge in [0.05, 0.1) is 21.4 Å². The maximum atomic E-state index is 12.8. The lowest BCUT2D eigenvalue weighted by Crippen LogP contribution is -2.30. The molecular weight excluding hydrogens is 428 g/mol. The summed E-state index contributed by atoms with van der Waals surface area (Å²) < 4.78 is 6.97. The highest BCUT2D eigenvalue weighted by molar-refractivity contribution is 5.98. The zero-order valence-electron chi connectivity index (χ0n) is 17.9. The lowest BCUT2D eigenvalue weighted by Gasteiger charge is -2.14. The van der Waals surface area contributed by atoms with E-state index in [4.69, 9.17) is 4.74 Å². The zero-order valence-corrected chi connectivity index (χ0v) is 17.9. The molecule has 1 amide bonds. The van der Waals surface area contributed by atoms with Gasteiger partial charge >= 0.3 is 5.97 Å². The van der Waals surface area contributed by atoms with Gasteiger partial charge in [-0.05, 0) is 44.0 Å². The maximum Gasteiger partial charge on any atom is 0.338 e. The number of fused-ring (bicyclic) bond motifs is 2. The van der Waals surface area contributed by atoms with E-state index in [0.717, 1.165) is 19.3 Å². The SMILES string of the molecule is CC(OC(=O)c1ccc2c(=O)n3c(nc2c1)CCCCC3)C(=O)Nc1cccc([N+](=O)[O-])c1. The third-order valence-electron chi connectivity index (χ3n) is 5.53. The smallest absolute Gasteiger partial charge is 0.338 e. The number of ether oxygens (including phenoxy) is 1. The standard InChI is InChI=1S/C23H22N4O6/c1-14(21(28)24-16-6-5-7-17(13-16)27(31)32)33-23(30)15-9-10-18-19(12-15)25-20-8-3-2-4-11-26(20)22(18)29/h5-7,9-10,12-14H,2-4,8,11H2,1H3,(H,24,28). The summed E-state index contributed by atoms with van der Waals surface area (Å²) in [6, 6.07) is 9.97. The van der Waals surface area contributed by atoms with Crippen LogP contribution in [0, 0.1) is 10.1 Å². The number of rotatable bonds is 5. The van der Waals surface area contributed by atoms with E-state index < -0.39 is 22.9 Å². The number of anilines is 1. The fourth-order valence-corrected chi connectivity index (χ4v) is 3.77. The molecule has 0 spiro atoms. The molecule has 170 valence electrons. The van der Waals surface area contributed by atoms with Gasteiger partial charge in [0.2, 0.25) is 0 Å². The van der Waals surface area contributed by atoms with E-state index in [2.05, 4.69) is 10.3 Å². The first-order chi connectivity index (χ1) is 15.8. The van der Waals surface area contributed by atoms with E-state index in [-0.39, 0.29) is 22.5 Å². The van der Waals surface area contributed by atoms with Crippen molar-refractivity contribution in [3.05, 3.63) is 74.3 Å². The number of nitrogens with one attached hydrogen (secondary N) is 1. The monoisotopic (exact) mass is 450 g/mol. The van der Waals surface area contributed by atoms with Crippen molar-refractivity contribution in [2.75, 3.05) is 5.32 Å². The van der Waals surface area contributed by atoms with Crippen molar-refractivity contribution in [2.24, 2.45) is 0 Å². The van der Waals surface area contributed by atoms with Crippen molar-refractivity contribution < 1.29 is 19.2 Å². The molecular formula is C23H22N4O6. The number of nitro groups is 1. The van der Waals surface area contributed by atoms with Gasteiger partial charge in [-0.15, -0.1) is 0 Å². The van der Waals surface area contributed by atoms with Gasteiger partial charge in [-0.2, -0.15) is 0 Å². The Morgan fingerprint density at radius 1 is 1.18 bits per heavy atom. The van der Waals surface area contributed by atoms with Gasteiger partial charge in [-0.1, -0.05) is 12.5 Å². The summed E-state index contributed by atoms with van der Waals surface area (Å²) in [4.78, 5) is 52.8. The molecule has 0 aliphatic carbocycles. The van der Waals surface area contributed by atoms with E-state index >= 15 is 0 Å². The van der Waals surface area contributed by atoms with E-state index in [0.29, 0.717) is 29.7 Å². The second kappa shape index (κ2) is 9.19. The van der Waals surface area contributed by atoms with E-state index in [1.807, 2.05) is 0 Å². The number of carbonyl (C=O) groups is 2. The minimum atomic E-state index is -1.15.